The van der Waals surface area contributed by atoms with Gasteiger partial charge in [-0.05, 0) is 98.9 Å². The van der Waals surface area contributed by atoms with Gasteiger partial charge in [-0.2, -0.15) is 0 Å². The lowest BCUT2D eigenvalue weighted by molar-refractivity contribution is -0.276. The summed E-state index contributed by atoms with van der Waals surface area (Å²) in [5, 5.41) is 16.1. The second kappa shape index (κ2) is 12.7. The van der Waals surface area contributed by atoms with Gasteiger partial charge in [0.05, 0.1) is 25.4 Å². The summed E-state index contributed by atoms with van der Waals surface area (Å²) in [5.41, 5.74) is 3.66. The average Bonchev–Trinajstić information content (AvgIpc) is 3.44. The van der Waals surface area contributed by atoms with Crippen LogP contribution in [-0.2, 0) is 20.8 Å². The van der Waals surface area contributed by atoms with Crippen LogP contribution in [0.25, 0.3) is 0 Å². The standard InChI is InChI=1S/C36H49N3O5/c1-23-32(20-39-13-3-4-31(39)22-42-2)43-34(44-33(23)28-7-5-24(21-40)6-8-28)29-9-11-30(12-10-29)37-35(41)38-36-17-25-14-26(18-36)16-27(15-25)19-36/h5-12,23,25-27,31-34,40H,3-4,13-22H2,1-2H3,(H2,37,38,41)/t23-,25?,26?,27?,31+,32+,33+,34+,36?/m1/s1. The topological polar surface area (TPSA) is 92.3 Å². The van der Waals surface area contributed by atoms with Crippen LogP contribution in [0.15, 0.2) is 48.5 Å². The van der Waals surface area contributed by atoms with Crippen molar-refractivity contribution < 1.29 is 24.1 Å². The third kappa shape index (κ3) is 6.29. The molecule has 44 heavy (non-hydrogen) atoms. The number of benzene rings is 2. The number of aliphatic hydroxyl groups excluding tert-OH is 1. The van der Waals surface area contributed by atoms with Crippen LogP contribution in [0.2, 0.25) is 0 Å². The van der Waals surface area contributed by atoms with Crippen LogP contribution in [0.3, 0.4) is 0 Å². The molecule has 2 saturated heterocycles. The molecule has 8 rings (SSSR count). The average molecular weight is 604 g/mol. The monoisotopic (exact) mass is 603 g/mol. The number of likely N-dealkylation sites (tertiary alicyclic amines) is 1. The molecule has 4 bridgehead atoms. The molecule has 8 heteroatoms. The van der Waals surface area contributed by atoms with E-state index < -0.39 is 6.29 Å². The van der Waals surface area contributed by atoms with Crippen molar-refractivity contribution in [2.45, 2.75) is 95.0 Å². The number of anilines is 1. The van der Waals surface area contributed by atoms with Gasteiger partial charge in [0.25, 0.3) is 0 Å². The number of methoxy groups -OCH3 is 1. The summed E-state index contributed by atoms with van der Waals surface area (Å²) in [6.07, 6.45) is 9.07. The van der Waals surface area contributed by atoms with Gasteiger partial charge >= 0.3 is 6.03 Å². The van der Waals surface area contributed by atoms with Crippen molar-refractivity contribution in [1.82, 2.24) is 10.2 Å². The molecule has 238 valence electrons. The molecule has 2 aromatic carbocycles. The summed E-state index contributed by atoms with van der Waals surface area (Å²) in [6, 6.07) is 16.3. The first kappa shape index (κ1) is 30.2. The first-order chi connectivity index (χ1) is 21.4. The summed E-state index contributed by atoms with van der Waals surface area (Å²) in [6.45, 7) is 4.84. The number of ether oxygens (including phenoxy) is 3. The lowest BCUT2D eigenvalue weighted by Crippen LogP contribution is -2.60. The molecule has 0 radical (unpaired) electrons. The Labute approximate surface area is 261 Å². The third-order valence-corrected chi connectivity index (χ3v) is 11.3. The summed E-state index contributed by atoms with van der Waals surface area (Å²) in [7, 11) is 1.78. The zero-order valence-corrected chi connectivity index (χ0v) is 26.3. The lowest BCUT2D eigenvalue weighted by atomic mass is 9.53. The van der Waals surface area contributed by atoms with Gasteiger partial charge in [0.15, 0.2) is 6.29 Å². The van der Waals surface area contributed by atoms with Gasteiger partial charge in [-0.1, -0.05) is 43.3 Å². The van der Waals surface area contributed by atoms with Crippen LogP contribution in [0.4, 0.5) is 10.5 Å². The zero-order valence-electron chi connectivity index (χ0n) is 26.3. The van der Waals surface area contributed by atoms with Crippen molar-refractivity contribution in [1.29, 1.82) is 0 Å². The minimum Gasteiger partial charge on any atom is -0.392 e. The van der Waals surface area contributed by atoms with E-state index in [4.69, 9.17) is 14.2 Å². The maximum atomic E-state index is 13.1. The first-order valence-corrected chi connectivity index (χ1v) is 16.8. The molecule has 0 aromatic heterocycles. The zero-order chi connectivity index (χ0) is 30.3. The van der Waals surface area contributed by atoms with Crippen molar-refractivity contribution in [2.24, 2.45) is 23.7 Å². The Hall–Kier alpha value is -2.49. The fourth-order valence-corrected chi connectivity index (χ4v) is 9.47. The van der Waals surface area contributed by atoms with Gasteiger partial charge in [-0.25, -0.2) is 4.79 Å². The second-order valence-electron chi connectivity index (χ2n) is 14.5. The van der Waals surface area contributed by atoms with Gasteiger partial charge in [0.1, 0.15) is 0 Å². The van der Waals surface area contributed by atoms with Gasteiger partial charge in [-0.3, -0.25) is 4.90 Å². The third-order valence-electron chi connectivity index (χ3n) is 11.3. The van der Waals surface area contributed by atoms with Crippen molar-refractivity contribution in [2.75, 3.05) is 32.1 Å². The van der Waals surface area contributed by atoms with E-state index in [1.165, 1.54) is 25.7 Å². The van der Waals surface area contributed by atoms with E-state index >= 15 is 0 Å². The molecule has 8 nitrogen and oxygen atoms in total. The SMILES string of the molecule is COC[C@@H]1CCCN1C[C@@H]1O[C@H](c2ccc(NC(=O)NC34CC5CC(CC(C5)C3)C4)cc2)O[C@H](c2ccc(CO)cc2)[C@@H]1C. The Morgan fingerprint density at radius 2 is 1.64 bits per heavy atom. The molecule has 2 aromatic rings. The molecular formula is C36H49N3O5. The van der Waals surface area contributed by atoms with E-state index in [0.29, 0.717) is 6.04 Å². The fourth-order valence-electron chi connectivity index (χ4n) is 9.47. The molecule has 0 unspecified atom stereocenters. The normalized spacial score (nSPS) is 36.4. The fraction of sp³-hybridized carbons (Fsp3) is 0.639. The van der Waals surface area contributed by atoms with E-state index in [0.717, 1.165) is 85.5 Å². The number of urea groups is 1. The summed E-state index contributed by atoms with van der Waals surface area (Å²) >= 11 is 0. The molecule has 2 amide bonds. The number of carbonyl (C=O) groups is 1. The molecule has 3 N–H and O–H groups in total. The number of carbonyl (C=O) groups excluding carboxylic acids is 1. The molecule has 6 fully saturated rings. The number of hydrogen-bond acceptors (Lipinski definition) is 6. The smallest absolute Gasteiger partial charge is 0.319 e. The maximum Gasteiger partial charge on any atom is 0.319 e. The molecule has 4 aliphatic carbocycles. The van der Waals surface area contributed by atoms with Gasteiger partial charge in [-0.15, -0.1) is 0 Å². The first-order valence-electron chi connectivity index (χ1n) is 16.8. The predicted molar refractivity (Wildman–Crippen MR) is 169 cm³/mol. The van der Waals surface area contributed by atoms with E-state index in [1.807, 2.05) is 36.4 Å². The number of nitrogens with zero attached hydrogens (tertiary/aromatic N) is 1. The Morgan fingerprint density at radius 1 is 0.977 bits per heavy atom. The van der Waals surface area contributed by atoms with E-state index in [1.54, 1.807) is 7.11 Å². The quantitative estimate of drug-likeness (QED) is 0.318. The van der Waals surface area contributed by atoms with E-state index in [-0.39, 0.29) is 36.3 Å². The Bertz CT molecular complexity index is 1250. The minimum atomic E-state index is -0.530. The van der Waals surface area contributed by atoms with Gasteiger partial charge in [0.2, 0.25) is 0 Å². The summed E-state index contributed by atoms with van der Waals surface area (Å²) in [4.78, 5) is 15.7. The van der Waals surface area contributed by atoms with Crippen molar-refractivity contribution in [3.8, 4) is 0 Å². The molecule has 4 saturated carbocycles. The lowest BCUT2D eigenvalue weighted by Gasteiger charge is -2.56. The number of hydrogen-bond donors (Lipinski definition) is 3. The van der Waals surface area contributed by atoms with Crippen LogP contribution in [-0.4, -0.2) is 60.5 Å². The molecule has 0 spiro atoms. The summed E-state index contributed by atoms with van der Waals surface area (Å²) < 4.78 is 18.9. The van der Waals surface area contributed by atoms with Crippen LogP contribution in [0, 0.1) is 23.7 Å². The van der Waals surface area contributed by atoms with Gasteiger partial charge < -0.3 is 30.0 Å². The second-order valence-corrected chi connectivity index (χ2v) is 14.5. The summed E-state index contributed by atoms with van der Waals surface area (Å²) in [5.74, 6) is 2.49. The van der Waals surface area contributed by atoms with Gasteiger partial charge in [0, 0.05) is 42.4 Å². The highest BCUT2D eigenvalue weighted by Crippen LogP contribution is 2.55. The van der Waals surface area contributed by atoms with E-state index in [2.05, 4.69) is 34.6 Å². The highest BCUT2D eigenvalue weighted by Gasteiger charge is 2.51. The van der Waals surface area contributed by atoms with Crippen molar-refractivity contribution in [3.63, 3.8) is 0 Å². The molecule has 5 atom stereocenters. The maximum absolute atomic E-state index is 13.1. The predicted octanol–water partition coefficient (Wildman–Crippen LogP) is 6.17. The number of nitrogens with one attached hydrogen (secondary N) is 2. The Balaban J connectivity index is 1.04. The Kier molecular flexibility index (Phi) is 8.72. The van der Waals surface area contributed by atoms with Crippen LogP contribution >= 0.6 is 0 Å². The number of amides is 2. The van der Waals surface area contributed by atoms with E-state index in [9.17, 15) is 9.90 Å². The highest BCUT2D eigenvalue weighted by atomic mass is 16.7. The number of rotatable bonds is 9. The minimum absolute atomic E-state index is 0.0176. The van der Waals surface area contributed by atoms with Crippen molar-refractivity contribution >= 4 is 11.7 Å². The Morgan fingerprint density at radius 3 is 2.27 bits per heavy atom. The van der Waals surface area contributed by atoms with Crippen LogP contribution in [0.5, 0.6) is 0 Å². The largest absolute Gasteiger partial charge is 0.392 e. The molecular weight excluding hydrogens is 554 g/mol. The van der Waals surface area contributed by atoms with Crippen molar-refractivity contribution in [3.05, 3.63) is 65.2 Å². The highest BCUT2D eigenvalue weighted by molar-refractivity contribution is 5.89. The molecule has 2 heterocycles. The van der Waals surface area contributed by atoms with Crippen LogP contribution in [0.1, 0.15) is 87.4 Å². The van der Waals surface area contributed by atoms with Crippen LogP contribution < -0.4 is 10.6 Å². The number of aliphatic hydroxyl groups is 1. The molecule has 2 aliphatic heterocycles. The molecule has 6 aliphatic rings.